The first-order chi connectivity index (χ1) is 16.1. The lowest BCUT2D eigenvalue weighted by Gasteiger charge is -2.24. The molecule has 170 valence electrons. The molecule has 1 fully saturated rings. The molecule has 0 bridgehead atoms. The molecular formula is C25H23NO7. The highest BCUT2D eigenvalue weighted by Gasteiger charge is 2.29. The van der Waals surface area contributed by atoms with E-state index in [4.69, 9.17) is 18.6 Å². The molecule has 2 heterocycles. The lowest BCUT2D eigenvalue weighted by molar-refractivity contribution is -0.144. The van der Waals surface area contributed by atoms with Gasteiger partial charge in [0.05, 0.1) is 0 Å². The molecule has 0 radical (unpaired) electrons. The van der Waals surface area contributed by atoms with Gasteiger partial charge in [0.2, 0.25) is 6.10 Å². The quantitative estimate of drug-likeness (QED) is 0.369. The summed E-state index contributed by atoms with van der Waals surface area (Å²) < 4.78 is 22.0. The maximum Gasteiger partial charge on any atom is 0.356 e. The lowest BCUT2D eigenvalue weighted by Crippen LogP contribution is -2.39. The number of hydrogen-bond donors (Lipinski definition) is 1. The van der Waals surface area contributed by atoms with Crippen LogP contribution in [0.5, 0.6) is 17.2 Å². The number of carbonyl (C=O) groups is 2. The Morgan fingerprint density at radius 2 is 1.76 bits per heavy atom. The third-order valence-electron chi connectivity index (χ3n) is 5.88. The second kappa shape index (κ2) is 8.97. The topological polar surface area (TPSA) is 104 Å². The average Bonchev–Trinajstić information content (AvgIpc) is 2.83. The van der Waals surface area contributed by atoms with Gasteiger partial charge >= 0.3 is 11.6 Å². The van der Waals surface area contributed by atoms with Gasteiger partial charge in [-0.15, -0.1) is 0 Å². The van der Waals surface area contributed by atoms with Crippen molar-refractivity contribution in [3.05, 3.63) is 64.5 Å². The van der Waals surface area contributed by atoms with Crippen molar-refractivity contribution in [2.24, 2.45) is 0 Å². The van der Waals surface area contributed by atoms with E-state index < -0.39 is 23.6 Å². The van der Waals surface area contributed by atoms with Gasteiger partial charge in [0.15, 0.2) is 11.5 Å². The maximum absolute atomic E-state index is 12.6. The van der Waals surface area contributed by atoms with Crippen molar-refractivity contribution in [3.8, 4) is 17.2 Å². The second-order valence-corrected chi connectivity index (χ2v) is 8.24. The molecule has 8 nitrogen and oxygen atoms in total. The van der Waals surface area contributed by atoms with Gasteiger partial charge in [-0.05, 0) is 43.2 Å². The lowest BCUT2D eigenvalue weighted by atomic mass is 9.95. The molecule has 8 heteroatoms. The number of fused-ring (bicyclic) bond motifs is 2. The van der Waals surface area contributed by atoms with E-state index in [1.165, 1.54) is 18.6 Å². The standard InChI is InChI=1S/C25H23NO7/c27-23(26-16-6-2-1-3-7-16)18-12-15-10-11-17(13-21(15)33-24(18)28)31-25(29)22-14-30-19-8-4-5-9-20(19)32-22/h4-5,8-13,16,22H,1-3,6-7,14H2,(H,26,27). The van der Waals surface area contributed by atoms with E-state index in [9.17, 15) is 14.4 Å². The van der Waals surface area contributed by atoms with Gasteiger partial charge in [0.1, 0.15) is 23.5 Å². The third kappa shape index (κ3) is 4.55. The molecule has 5 rings (SSSR count). The van der Waals surface area contributed by atoms with E-state index in [-0.39, 0.29) is 29.5 Å². The zero-order valence-electron chi connectivity index (χ0n) is 17.9. The largest absolute Gasteiger partial charge is 0.485 e. The molecule has 0 spiro atoms. The fourth-order valence-corrected chi connectivity index (χ4v) is 4.14. The second-order valence-electron chi connectivity index (χ2n) is 8.24. The summed E-state index contributed by atoms with van der Waals surface area (Å²) in [6.45, 7) is 0.0258. The predicted octanol–water partition coefficient (Wildman–Crippen LogP) is 3.60. The van der Waals surface area contributed by atoms with Crippen molar-refractivity contribution >= 4 is 22.8 Å². The molecule has 1 aliphatic heterocycles. The normalized spacial score (nSPS) is 18.0. The van der Waals surface area contributed by atoms with Gasteiger partial charge in [0, 0.05) is 17.5 Å². The van der Waals surface area contributed by atoms with Crippen LogP contribution in [0.3, 0.4) is 0 Å². The number of nitrogens with one attached hydrogen (secondary N) is 1. The molecule has 1 unspecified atom stereocenters. The van der Waals surface area contributed by atoms with Crippen LogP contribution in [0.25, 0.3) is 11.0 Å². The smallest absolute Gasteiger partial charge is 0.356 e. The molecule has 33 heavy (non-hydrogen) atoms. The van der Waals surface area contributed by atoms with Gasteiger partial charge in [-0.1, -0.05) is 31.4 Å². The van der Waals surface area contributed by atoms with Crippen LogP contribution in [0.4, 0.5) is 0 Å². The number of ether oxygens (including phenoxy) is 3. The predicted molar refractivity (Wildman–Crippen MR) is 119 cm³/mol. The minimum Gasteiger partial charge on any atom is -0.485 e. The third-order valence-corrected chi connectivity index (χ3v) is 5.88. The van der Waals surface area contributed by atoms with Gasteiger partial charge in [0.25, 0.3) is 5.91 Å². The summed E-state index contributed by atoms with van der Waals surface area (Å²) in [5, 5.41) is 3.48. The SMILES string of the molecule is O=C(NC1CCCCC1)c1cc2ccc(OC(=O)C3COc4ccccc4O3)cc2oc1=O. The first-order valence-electron chi connectivity index (χ1n) is 11.1. The summed E-state index contributed by atoms with van der Waals surface area (Å²) >= 11 is 0. The highest BCUT2D eigenvalue weighted by Crippen LogP contribution is 2.31. The zero-order valence-corrected chi connectivity index (χ0v) is 17.9. The van der Waals surface area contributed by atoms with Crippen molar-refractivity contribution in [1.82, 2.24) is 5.32 Å². The summed E-state index contributed by atoms with van der Waals surface area (Å²) in [4.78, 5) is 37.6. The van der Waals surface area contributed by atoms with Crippen molar-refractivity contribution in [3.63, 3.8) is 0 Å². The first-order valence-corrected chi connectivity index (χ1v) is 11.1. The van der Waals surface area contributed by atoms with Crippen LogP contribution in [0.2, 0.25) is 0 Å². The monoisotopic (exact) mass is 449 g/mol. The van der Waals surface area contributed by atoms with Crippen LogP contribution in [0, 0.1) is 0 Å². The van der Waals surface area contributed by atoms with Crippen molar-refractivity contribution in [2.45, 2.75) is 44.2 Å². The molecule has 1 N–H and O–H groups in total. The molecule has 1 aliphatic carbocycles. The van der Waals surface area contributed by atoms with E-state index in [0.717, 1.165) is 25.7 Å². The molecular weight excluding hydrogens is 426 g/mol. The first kappa shape index (κ1) is 21.1. The Morgan fingerprint density at radius 1 is 0.970 bits per heavy atom. The number of hydrogen-bond acceptors (Lipinski definition) is 7. The van der Waals surface area contributed by atoms with E-state index in [1.54, 1.807) is 30.3 Å². The Morgan fingerprint density at radius 3 is 2.58 bits per heavy atom. The number of amides is 1. The molecule has 1 aromatic heterocycles. The Hall–Kier alpha value is -3.81. The Labute approximate surface area is 189 Å². The van der Waals surface area contributed by atoms with Crippen LogP contribution < -0.4 is 25.2 Å². The van der Waals surface area contributed by atoms with E-state index in [1.807, 2.05) is 6.07 Å². The van der Waals surface area contributed by atoms with Gasteiger partial charge in [-0.3, -0.25) is 4.79 Å². The number of benzene rings is 2. The maximum atomic E-state index is 12.6. The van der Waals surface area contributed by atoms with Gasteiger partial charge in [-0.2, -0.15) is 0 Å². The van der Waals surface area contributed by atoms with Crippen LogP contribution in [0.1, 0.15) is 42.5 Å². The number of para-hydroxylation sites is 2. The summed E-state index contributed by atoms with van der Waals surface area (Å²) in [7, 11) is 0. The number of esters is 1. The molecule has 1 atom stereocenters. The van der Waals surface area contributed by atoms with Crippen molar-refractivity contribution in [1.29, 1.82) is 0 Å². The van der Waals surface area contributed by atoms with Crippen molar-refractivity contribution < 1.29 is 28.2 Å². The molecule has 3 aromatic rings. The highest BCUT2D eigenvalue weighted by molar-refractivity contribution is 5.97. The summed E-state index contributed by atoms with van der Waals surface area (Å²) in [6, 6.07) is 13.3. The van der Waals surface area contributed by atoms with E-state index in [2.05, 4.69) is 5.32 Å². The summed E-state index contributed by atoms with van der Waals surface area (Å²) in [5.41, 5.74) is -0.560. The van der Waals surface area contributed by atoms with Crippen LogP contribution in [0.15, 0.2) is 57.7 Å². The van der Waals surface area contributed by atoms with Crippen LogP contribution in [-0.4, -0.2) is 30.6 Å². The molecule has 0 saturated heterocycles. The van der Waals surface area contributed by atoms with E-state index >= 15 is 0 Å². The molecule has 1 amide bonds. The molecule has 2 aliphatic rings. The van der Waals surface area contributed by atoms with Crippen molar-refractivity contribution in [2.75, 3.05) is 6.61 Å². The summed E-state index contributed by atoms with van der Waals surface area (Å²) in [5.74, 6) is 0.168. The summed E-state index contributed by atoms with van der Waals surface area (Å²) in [6.07, 6.45) is 4.23. The zero-order chi connectivity index (χ0) is 22.8. The van der Waals surface area contributed by atoms with Gasteiger partial charge in [-0.25, -0.2) is 9.59 Å². The molecule has 2 aromatic carbocycles. The van der Waals surface area contributed by atoms with Crippen LogP contribution >= 0.6 is 0 Å². The van der Waals surface area contributed by atoms with Gasteiger partial charge < -0.3 is 23.9 Å². The molecule has 1 saturated carbocycles. The Kier molecular flexibility index (Phi) is 5.73. The minimum atomic E-state index is -0.923. The fourth-order valence-electron chi connectivity index (χ4n) is 4.14. The minimum absolute atomic E-state index is 0.0258. The van der Waals surface area contributed by atoms with E-state index in [0.29, 0.717) is 16.9 Å². The Balaban J connectivity index is 1.29. The fraction of sp³-hybridized carbons (Fsp3) is 0.320. The Bertz CT molecular complexity index is 1260. The van der Waals surface area contributed by atoms with Crippen LogP contribution in [-0.2, 0) is 4.79 Å². The number of rotatable bonds is 4. The highest BCUT2D eigenvalue weighted by atomic mass is 16.6. The average molecular weight is 449 g/mol. The number of carbonyl (C=O) groups excluding carboxylic acids is 2.